The minimum absolute atomic E-state index is 0.304. The smallest absolute Gasteiger partial charge is 0.193 e. The molecule has 2 aliphatic rings. The molecule has 7 nitrogen and oxygen atoms in total. The van der Waals surface area contributed by atoms with Gasteiger partial charge in [-0.15, -0.1) is 0 Å². The highest BCUT2D eigenvalue weighted by Gasteiger charge is 2.42. The number of ether oxygens (including phenoxy) is 4. The van der Waals surface area contributed by atoms with Gasteiger partial charge in [0.25, 0.3) is 0 Å². The molecular weight excluding hydrogens is 334 g/mol. The monoisotopic (exact) mass is 363 g/mol. The maximum absolute atomic E-state index is 5.62. The number of nitrogens with zero attached hydrogens (tertiary/aromatic N) is 2. The lowest BCUT2D eigenvalue weighted by atomic mass is 9.87. The van der Waals surface area contributed by atoms with E-state index in [1.54, 1.807) is 21.3 Å². The van der Waals surface area contributed by atoms with Crippen LogP contribution in [0.3, 0.4) is 0 Å². The fraction of sp³-hybridized carbons (Fsp3) is 0.632. The van der Waals surface area contributed by atoms with Gasteiger partial charge in [0.05, 0.1) is 27.9 Å². The van der Waals surface area contributed by atoms with Gasteiger partial charge in [0.1, 0.15) is 5.75 Å². The molecule has 144 valence electrons. The average Bonchev–Trinajstić information content (AvgIpc) is 3.31. The molecule has 0 aromatic heterocycles. The Kier molecular flexibility index (Phi) is 5.76. The van der Waals surface area contributed by atoms with Crippen LogP contribution < -0.4 is 19.5 Å². The first-order valence-corrected chi connectivity index (χ1v) is 8.97. The van der Waals surface area contributed by atoms with Crippen LogP contribution in [0, 0.1) is 5.41 Å². The van der Waals surface area contributed by atoms with Crippen LogP contribution in [0.5, 0.6) is 17.2 Å². The normalized spacial score (nSPS) is 22.8. The Hall–Kier alpha value is -2.15. The topological polar surface area (TPSA) is 64.6 Å². The van der Waals surface area contributed by atoms with E-state index in [1.807, 2.05) is 19.2 Å². The van der Waals surface area contributed by atoms with E-state index < -0.39 is 0 Å². The average molecular weight is 363 g/mol. The van der Waals surface area contributed by atoms with Crippen LogP contribution in [0.25, 0.3) is 0 Å². The van der Waals surface area contributed by atoms with Crippen LogP contribution in [0.15, 0.2) is 17.1 Å². The molecule has 1 unspecified atom stereocenters. The molecule has 2 aliphatic heterocycles. The molecule has 0 aliphatic carbocycles. The van der Waals surface area contributed by atoms with Gasteiger partial charge in [-0.1, -0.05) is 0 Å². The van der Waals surface area contributed by atoms with Gasteiger partial charge in [-0.25, -0.2) is 0 Å². The number of aliphatic imine (C=N–C) groups is 1. The van der Waals surface area contributed by atoms with Crippen molar-refractivity contribution < 1.29 is 18.9 Å². The molecule has 0 bridgehead atoms. The van der Waals surface area contributed by atoms with Gasteiger partial charge in [-0.3, -0.25) is 4.99 Å². The number of hydrogen-bond acceptors (Lipinski definition) is 5. The van der Waals surface area contributed by atoms with Gasteiger partial charge in [0, 0.05) is 50.3 Å². The Labute approximate surface area is 155 Å². The van der Waals surface area contributed by atoms with E-state index in [0.717, 1.165) is 56.4 Å². The number of nitrogens with one attached hydrogen (secondary N) is 1. The van der Waals surface area contributed by atoms with Crippen molar-refractivity contribution in [2.45, 2.75) is 19.4 Å². The summed E-state index contributed by atoms with van der Waals surface area (Å²) in [4.78, 5) is 6.79. The van der Waals surface area contributed by atoms with Crippen LogP contribution in [0.4, 0.5) is 0 Å². The third kappa shape index (κ3) is 3.67. The molecule has 2 saturated heterocycles. The summed E-state index contributed by atoms with van der Waals surface area (Å²) in [5, 5.41) is 3.46. The number of hydrogen-bond donors (Lipinski definition) is 1. The van der Waals surface area contributed by atoms with Crippen molar-refractivity contribution in [2.75, 3.05) is 54.7 Å². The minimum Gasteiger partial charge on any atom is -0.496 e. The standard InChI is InChI=1S/C19H29N3O4/c1-20-18(22-7-5-19(12-22)6-8-26-13-19)21-11-14-9-16(24-3)17(25-4)10-15(14)23-2/h9-10H,5-8,11-13H2,1-4H3,(H,20,21). The van der Waals surface area contributed by atoms with Crippen LogP contribution in [0.2, 0.25) is 0 Å². The van der Waals surface area contributed by atoms with Crippen molar-refractivity contribution in [1.82, 2.24) is 10.2 Å². The van der Waals surface area contributed by atoms with Crippen LogP contribution >= 0.6 is 0 Å². The quantitative estimate of drug-likeness (QED) is 0.637. The molecule has 2 heterocycles. The molecule has 0 amide bonds. The van der Waals surface area contributed by atoms with Crippen molar-refractivity contribution in [3.05, 3.63) is 17.7 Å². The van der Waals surface area contributed by atoms with Crippen LogP contribution in [-0.4, -0.2) is 65.5 Å². The van der Waals surface area contributed by atoms with Crippen molar-refractivity contribution in [1.29, 1.82) is 0 Å². The van der Waals surface area contributed by atoms with Gasteiger partial charge in [0.2, 0.25) is 0 Å². The molecule has 1 N–H and O–H groups in total. The third-order valence-electron chi connectivity index (χ3n) is 5.36. The van der Waals surface area contributed by atoms with E-state index >= 15 is 0 Å². The summed E-state index contributed by atoms with van der Waals surface area (Å²) >= 11 is 0. The maximum Gasteiger partial charge on any atom is 0.193 e. The Morgan fingerprint density at radius 3 is 2.50 bits per heavy atom. The molecule has 1 aromatic rings. The van der Waals surface area contributed by atoms with Gasteiger partial charge in [0.15, 0.2) is 17.5 Å². The summed E-state index contributed by atoms with van der Waals surface area (Å²) in [6.07, 6.45) is 2.30. The summed E-state index contributed by atoms with van der Waals surface area (Å²) in [5.41, 5.74) is 1.29. The van der Waals surface area contributed by atoms with Crippen molar-refractivity contribution in [3.8, 4) is 17.2 Å². The van der Waals surface area contributed by atoms with Gasteiger partial charge in [-0.05, 0) is 18.9 Å². The Morgan fingerprint density at radius 2 is 1.88 bits per heavy atom. The van der Waals surface area contributed by atoms with Crippen LogP contribution in [-0.2, 0) is 11.3 Å². The largest absolute Gasteiger partial charge is 0.496 e. The fourth-order valence-corrected chi connectivity index (χ4v) is 3.82. The predicted molar refractivity (Wildman–Crippen MR) is 100 cm³/mol. The molecule has 1 aromatic carbocycles. The summed E-state index contributed by atoms with van der Waals surface area (Å²) in [6, 6.07) is 3.79. The SMILES string of the molecule is CN=C(NCc1cc(OC)c(OC)cc1OC)N1CCC2(CCOC2)C1. The summed E-state index contributed by atoms with van der Waals surface area (Å²) < 4.78 is 21.9. The highest BCUT2D eigenvalue weighted by atomic mass is 16.5. The lowest BCUT2D eigenvalue weighted by Gasteiger charge is -2.25. The summed E-state index contributed by atoms with van der Waals surface area (Å²) in [6.45, 7) is 4.34. The van der Waals surface area contributed by atoms with Crippen LogP contribution in [0.1, 0.15) is 18.4 Å². The lowest BCUT2D eigenvalue weighted by Crippen LogP contribution is -2.41. The molecule has 7 heteroatoms. The Bertz CT molecular complexity index is 656. The van der Waals surface area contributed by atoms with E-state index in [9.17, 15) is 0 Å². The zero-order valence-electron chi connectivity index (χ0n) is 16.1. The summed E-state index contributed by atoms with van der Waals surface area (Å²) in [5.74, 6) is 3.00. The molecule has 0 radical (unpaired) electrons. The second-order valence-corrected chi connectivity index (χ2v) is 6.89. The van der Waals surface area contributed by atoms with E-state index in [0.29, 0.717) is 23.5 Å². The molecule has 1 atom stereocenters. The predicted octanol–water partition coefficient (Wildman–Crippen LogP) is 1.90. The van der Waals surface area contributed by atoms with E-state index in [1.165, 1.54) is 0 Å². The maximum atomic E-state index is 5.62. The van der Waals surface area contributed by atoms with Gasteiger partial charge in [-0.2, -0.15) is 0 Å². The molecule has 26 heavy (non-hydrogen) atoms. The Balaban J connectivity index is 1.69. The zero-order chi connectivity index (χ0) is 18.6. The first-order valence-electron chi connectivity index (χ1n) is 8.97. The van der Waals surface area contributed by atoms with Crippen molar-refractivity contribution >= 4 is 5.96 Å². The number of methoxy groups -OCH3 is 3. The van der Waals surface area contributed by atoms with Gasteiger partial charge >= 0.3 is 0 Å². The number of guanidine groups is 1. The number of benzene rings is 1. The summed E-state index contributed by atoms with van der Waals surface area (Å²) in [7, 11) is 6.73. The molecule has 1 spiro atoms. The molecule has 2 fully saturated rings. The second-order valence-electron chi connectivity index (χ2n) is 6.89. The number of likely N-dealkylation sites (tertiary alicyclic amines) is 1. The molecule has 0 saturated carbocycles. The minimum atomic E-state index is 0.304. The highest BCUT2D eigenvalue weighted by Crippen LogP contribution is 2.38. The lowest BCUT2D eigenvalue weighted by molar-refractivity contribution is 0.156. The highest BCUT2D eigenvalue weighted by molar-refractivity contribution is 5.80. The molecular formula is C19H29N3O4. The first-order chi connectivity index (χ1) is 12.6. The first kappa shape index (κ1) is 18.6. The van der Waals surface area contributed by atoms with Gasteiger partial charge < -0.3 is 29.2 Å². The van der Waals surface area contributed by atoms with E-state index in [-0.39, 0.29) is 0 Å². The molecule has 3 rings (SSSR count). The second kappa shape index (κ2) is 8.03. The van der Waals surface area contributed by atoms with Crippen molar-refractivity contribution in [2.24, 2.45) is 10.4 Å². The zero-order valence-corrected chi connectivity index (χ0v) is 16.1. The van der Waals surface area contributed by atoms with E-state index in [2.05, 4.69) is 15.2 Å². The van der Waals surface area contributed by atoms with E-state index in [4.69, 9.17) is 18.9 Å². The third-order valence-corrected chi connectivity index (χ3v) is 5.36. The number of rotatable bonds is 5. The Morgan fingerprint density at radius 1 is 1.15 bits per heavy atom. The van der Waals surface area contributed by atoms with Crippen molar-refractivity contribution in [3.63, 3.8) is 0 Å². The fourth-order valence-electron chi connectivity index (χ4n) is 3.82.